The van der Waals surface area contributed by atoms with E-state index in [1.807, 2.05) is 44.3 Å². The Morgan fingerprint density at radius 2 is 1.97 bits per heavy atom. The van der Waals surface area contributed by atoms with Crippen molar-refractivity contribution in [1.82, 2.24) is 34.8 Å². The summed E-state index contributed by atoms with van der Waals surface area (Å²) in [6.07, 6.45) is 3.65. The van der Waals surface area contributed by atoms with Crippen LogP contribution < -0.4 is 16.0 Å². The Bertz CT molecular complexity index is 1290. The maximum atomic E-state index is 6.39. The molecule has 0 radical (unpaired) electrons. The molecule has 4 aromatic rings. The fraction of sp³-hybridized carbons (Fsp3) is 0.348. The standard InChI is InChI=1S/C23H27ClN10S/c1-15-4-3-5-17(24)22(15)34-14-18(30-31-34)19-13-26-23(35-19)29-20-12-21(28-16(2)27-20)33-10-8-32(7-6-25)9-11-33/h3-5,12-14H,6-11,25H2,1-2H3,(H,26,27,28,29). The molecule has 5 rings (SSSR count). The van der Waals surface area contributed by atoms with Crippen molar-refractivity contribution in [2.24, 2.45) is 5.73 Å². The Balaban J connectivity index is 1.31. The Morgan fingerprint density at radius 3 is 2.74 bits per heavy atom. The summed E-state index contributed by atoms with van der Waals surface area (Å²) in [5.74, 6) is 2.35. The summed E-state index contributed by atoms with van der Waals surface area (Å²) in [6.45, 7) is 9.31. The Morgan fingerprint density at radius 1 is 1.14 bits per heavy atom. The van der Waals surface area contributed by atoms with Crippen LogP contribution in [-0.2, 0) is 0 Å². The third kappa shape index (κ3) is 5.27. The first-order chi connectivity index (χ1) is 17.0. The highest BCUT2D eigenvalue weighted by Crippen LogP contribution is 2.31. The normalized spacial score (nSPS) is 14.5. The highest BCUT2D eigenvalue weighted by atomic mass is 35.5. The van der Waals surface area contributed by atoms with Crippen LogP contribution >= 0.6 is 22.9 Å². The predicted octanol–water partition coefficient (Wildman–Crippen LogP) is 3.28. The van der Waals surface area contributed by atoms with Gasteiger partial charge in [-0.2, -0.15) is 0 Å². The lowest BCUT2D eigenvalue weighted by Gasteiger charge is -2.35. The molecule has 4 heterocycles. The number of nitrogens with one attached hydrogen (secondary N) is 1. The number of aryl methyl sites for hydroxylation is 2. The molecular weight excluding hydrogens is 484 g/mol. The number of nitrogens with zero attached hydrogens (tertiary/aromatic N) is 8. The molecule has 12 heteroatoms. The van der Waals surface area contributed by atoms with E-state index in [-0.39, 0.29) is 0 Å². The highest BCUT2D eigenvalue weighted by molar-refractivity contribution is 7.18. The summed E-state index contributed by atoms with van der Waals surface area (Å²) < 4.78 is 1.70. The van der Waals surface area contributed by atoms with Crippen molar-refractivity contribution >= 4 is 39.7 Å². The molecule has 35 heavy (non-hydrogen) atoms. The zero-order chi connectivity index (χ0) is 24.4. The summed E-state index contributed by atoms with van der Waals surface area (Å²) in [5, 5.41) is 13.3. The number of hydrogen-bond donors (Lipinski definition) is 2. The molecule has 1 fully saturated rings. The number of halogens is 1. The van der Waals surface area contributed by atoms with Crippen LogP contribution in [0.5, 0.6) is 0 Å². The van der Waals surface area contributed by atoms with Crippen LogP contribution in [0.1, 0.15) is 11.4 Å². The van der Waals surface area contributed by atoms with E-state index < -0.39 is 0 Å². The van der Waals surface area contributed by atoms with Gasteiger partial charge in [-0.15, -0.1) is 5.10 Å². The number of para-hydroxylation sites is 1. The number of piperazine rings is 1. The first kappa shape index (κ1) is 23.6. The quantitative estimate of drug-likeness (QED) is 0.386. The molecule has 3 aromatic heterocycles. The second kappa shape index (κ2) is 10.2. The molecule has 0 aliphatic carbocycles. The van der Waals surface area contributed by atoms with Crippen LogP contribution in [0, 0.1) is 13.8 Å². The van der Waals surface area contributed by atoms with Gasteiger partial charge in [-0.05, 0) is 25.5 Å². The van der Waals surface area contributed by atoms with Gasteiger partial charge < -0.3 is 16.0 Å². The molecule has 10 nitrogen and oxygen atoms in total. The third-order valence-corrected chi connectivity index (χ3v) is 7.11. The maximum absolute atomic E-state index is 6.39. The lowest BCUT2D eigenvalue weighted by Crippen LogP contribution is -2.48. The van der Waals surface area contributed by atoms with Crippen LogP contribution in [0.4, 0.5) is 16.8 Å². The average molecular weight is 511 g/mol. The van der Waals surface area contributed by atoms with Gasteiger partial charge in [0, 0.05) is 51.5 Å². The van der Waals surface area contributed by atoms with Crippen molar-refractivity contribution in [1.29, 1.82) is 0 Å². The minimum Gasteiger partial charge on any atom is -0.354 e. The van der Waals surface area contributed by atoms with Crippen LogP contribution in [0.15, 0.2) is 36.7 Å². The number of hydrogen-bond acceptors (Lipinski definition) is 10. The average Bonchev–Trinajstić information content (AvgIpc) is 3.49. The predicted molar refractivity (Wildman–Crippen MR) is 140 cm³/mol. The van der Waals surface area contributed by atoms with E-state index >= 15 is 0 Å². The molecule has 0 saturated carbocycles. The second-order valence-corrected chi connectivity index (χ2v) is 9.82. The molecule has 182 valence electrons. The van der Waals surface area contributed by atoms with Gasteiger partial charge in [0.15, 0.2) is 5.13 Å². The second-order valence-electron chi connectivity index (χ2n) is 8.38. The molecular formula is C23H27ClN10S. The van der Waals surface area contributed by atoms with Crippen molar-refractivity contribution in [3.63, 3.8) is 0 Å². The summed E-state index contributed by atoms with van der Waals surface area (Å²) in [6, 6.07) is 7.73. The van der Waals surface area contributed by atoms with Gasteiger partial charge in [-0.1, -0.05) is 40.3 Å². The number of benzene rings is 1. The molecule has 0 unspecified atom stereocenters. The van der Waals surface area contributed by atoms with Gasteiger partial charge in [0.1, 0.15) is 23.2 Å². The van der Waals surface area contributed by atoms with E-state index in [2.05, 4.69) is 40.4 Å². The number of aromatic nitrogens is 6. The van der Waals surface area contributed by atoms with Gasteiger partial charge in [-0.25, -0.2) is 19.6 Å². The SMILES string of the molecule is Cc1nc(Nc2ncc(-c3cn(-c4c(C)cccc4Cl)nn3)s2)cc(N2CCN(CCN)CC2)n1. The fourth-order valence-corrected chi connectivity index (χ4v) is 5.20. The molecule has 1 aromatic carbocycles. The Labute approximate surface area is 212 Å². The van der Waals surface area contributed by atoms with Crippen molar-refractivity contribution < 1.29 is 0 Å². The summed E-state index contributed by atoms with van der Waals surface area (Å²) in [7, 11) is 0. The van der Waals surface area contributed by atoms with E-state index in [1.54, 1.807) is 10.9 Å². The van der Waals surface area contributed by atoms with Gasteiger partial charge in [-0.3, -0.25) is 4.90 Å². The summed E-state index contributed by atoms with van der Waals surface area (Å²) in [5.41, 5.74) is 8.27. The topological polar surface area (TPSA) is 114 Å². The minimum absolute atomic E-state index is 0.629. The van der Waals surface area contributed by atoms with E-state index in [0.29, 0.717) is 23.2 Å². The fourth-order valence-electron chi connectivity index (χ4n) is 4.12. The van der Waals surface area contributed by atoms with Crippen molar-refractivity contribution in [2.75, 3.05) is 49.5 Å². The van der Waals surface area contributed by atoms with Gasteiger partial charge in [0.05, 0.1) is 21.8 Å². The molecule has 1 aliphatic rings. The van der Waals surface area contributed by atoms with Crippen LogP contribution in [0.2, 0.25) is 5.02 Å². The monoisotopic (exact) mass is 510 g/mol. The molecule has 0 spiro atoms. The van der Waals surface area contributed by atoms with E-state index in [1.165, 1.54) is 11.3 Å². The molecule has 3 N–H and O–H groups in total. The van der Waals surface area contributed by atoms with E-state index in [4.69, 9.17) is 17.3 Å². The van der Waals surface area contributed by atoms with Crippen LogP contribution in [0.3, 0.4) is 0 Å². The third-order valence-electron chi connectivity index (χ3n) is 5.87. The maximum Gasteiger partial charge on any atom is 0.188 e. The van der Waals surface area contributed by atoms with Crippen LogP contribution in [-0.4, -0.2) is 74.1 Å². The van der Waals surface area contributed by atoms with E-state index in [0.717, 1.165) is 65.5 Å². The Kier molecular flexibility index (Phi) is 6.91. The Hall–Kier alpha value is -3.12. The first-order valence-corrected chi connectivity index (χ1v) is 12.6. The van der Waals surface area contributed by atoms with Gasteiger partial charge >= 0.3 is 0 Å². The number of nitrogens with two attached hydrogens (primary N) is 1. The first-order valence-electron chi connectivity index (χ1n) is 11.4. The molecule has 0 bridgehead atoms. The molecule has 1 aliphatic heterocycles. The minimum atomic E-state index is 0.629. The van der Waals surface area contributed by atoms with Crippen molar-refractivity contribution in [2.45, 2.75) is 13.8 Å². The van der Waals surface area contributed by atoms with Crippen LogP contribution in [0.25, 0.3) is 16.3 Å². The number of thiazole rings is 1. The highest BCUT2D eigenvalue weighted by Gasteiger charge is 2.19. The van der Waals surface area contributed by atoms with E-state index in [9.17, 15) is 0 Å². The number of anilines is 3. The van der Waals surface area contributed by atoms with Crippen molar-refractivity contribution in [3.8, 4) is 16.3 Å². The molecule has 0 atom stereocenters. The van der Waals surface area contributed by atoms with Gasteiger partial charge in [0.25, 0.3) is 0 Å². The molecule has 1 saturated heterocycles. The lowest BCUT2D eigenvalue weighted by atomic mass is 10.2. The van der Waals surface area contributed by atoms with Gasteiger partial charge in [0.2, 0.25) is 0 Å². The molecule has 0 amide bonds. The zero-order valence-corrected chi connectivity index (χ0v) is 21.2. The summed E-state index contributed by atoms with van der Waals surface area (Å²) in [4.78, 5) is 19.3. The summed E-state index contributed by atoms with van der Waals surface area (Å²) >= 11 is 7.87. The lowest BCUT2D eigenvalue weighted by molar-refractivity contribution is 0.264. The zero-order valence-electron chi connectivity index (χ0n) is 19.6. The van der Waals surface area contributed by atoms with Crippen molar-refractivity contribution in [3.05, 3.63) is 53.1 Å². The largest absolute Gasteiger partial charge is 0.354 e. The number of rotatable bonds is 7. The smallest absolute Gasteiger partial charge is 0.188 e.